The number of nitrogens with zero attached hydrogens (tertiary/aromatic N) is 6. The van der Waals surface area contributed by atoms with E-state index in [0.717, 1.165) is 60.6 Å². The van der Waals surface area contributed by atoms with E-state index in [9.17, 15) is 0 Å². The summed E-state index contributed by atoms with van der Waals surface area (Å²) in [4.78, 5) is 9.28. The first kappa shape index (κ1) is 22.1. The number of anilines is 1. The summed E-state index contributed by atoms with van der Waals surface area (Å²) in [5, 5.41) is 5.05. The lowest BCUT2D eigenvalue weighted by Crippen LogP contribution is -2.47. The maximum absolute atomic E-state index is 6.00. The summed E-state index contributed by atoms with van der Waals surface area (Å²) in [6.07, 6.45) is 8.04. The topological polar surface area (TPSA) is 51.4 Å². The predicted octanol–water partition coefficient (Wildman–Crippen LogP) is 4.77. The Morgan fingerprint density at radius 1 is 0.970 bits per heavy atom. The quantitative estimate of drug-likeness (QED) is 0.490. The van der Waals surface area contributed by atoms with E-state index in [1.165, 1.54) is 32.1 Å². The van der Waals surface area contributed by atoms with Gasteiger partial charge in [0.25, 0.3) is 0 Å². The third-order valence-corrected chi connectivity index (χ3v) is 7.25. The van der Waals surface area contributed by atoms with Crippen molar-refractivity contribution in [1.29, 1.82) is 0 Å². The molecule has 0 bridgehead atoms. The van der Waals surface area contributed by atoms with Gasteiger partial charge in [0.15, 0.2) is 10.6 Å². The Morgan fingerprint density at radius 3 is 2.39 bits per heavy atom. The zero-order chi connectivity index (χ0) is 22.6. The van der Waals surface area contributed by atoms with Gasteiger partial charge in [-0.3, -0.25) is 9.47 Å². The third-order valence-electron chi connectivity index (χ3n) is 6.84. The molecule has 0 amide bonds. The second kappa shape index (κ2) is 10.1. The summed E-state index contributed by atoms with van der Waals surface area (Å²) in [5.41, 5.74) is 1.09. The van der Waals surface area contributed by atoms with E-state index < -0.39 is 0 Å². The highest BCUT2D eigenvalue weighted by Gasteiger charge is 2.24. The standard InChI is InChI=1S/C25H32N6OS/c1-32-22-12-10-20(11-13-22)24-27-30(25(33)31(24)21-7-3-2-4-8-21)19-28-15-17-29(18-16-28)23-9-5-6-14-26-23/h5-6,9-14,21H,2-4,7-8,15-19H2,1H3. The van der Waals surface area contributed by atoms with Gasteiger partial charge in [0.05, 0.1) is 13.8 Å². The second-order valence-corrected chi connectivity index (χ2v) is 9.30. The van der Waals surface area contributed by atoms with Crippen molar-refractivity contribution in [2.24, 2.45) is 0 Å². The Labute approximate surface area is 200 Å². The van der Waals surface area contributed by atoms with Crippen molar-refractivity contribution < 1.29 is 4.74 Å². The average molecular weight is 465 g/mol. The fourth-order valence-corrected chi connectivity index (χ4v) is 5.30. The molecule has 3 heterocycles. The van der Waals surface area contributed by atoms with Crippen LogP contribution in [0.25, 0.3) is 11.4 Å². The molecule has 5 rings (SSSR count). The van der Waals surface area contributed by atoms with Crippen LogP contribution in [-0.2, 0) is 6.67 Å². The number of hydrogen-bond acceptors (Lipinski definition) is 6. The van der Waals surface area contributed by atoms with E-state index in [0.29, 0.717) is 6.04 Å². The number of pyridine rings is 1. The number of methoxy groups -OCH3 is 1. The first-order valence-electron chi connectivity index (χ1n) is 11.9. The van der Waals surface area contributed by atoms with Gasteiger partial charge in [0.2, 0.25) is 0 Å². The Morgan fingerprint density at radius 2 is 1.73 bits per heavy atom. The van der Waals surface area contributed by atoms with Crippen LogP contribution in [0.2, 0.25) is 0 Å². The van der Waals surface area contributed by atoms with Crippen LogP contribution in [0.4, 0.5) is 5.82 Å². The SMILES string of the molecule is COc1ccc(-c2nn(CN3CCN(c4ccccn4)CC3)c(=S)n2C2CCCCC2)cc1. The van der Waals surface area contributed by atoms with E-state index >= 15 is 0 Å². The number of piperazine rings is 1. The molecule has 0 N–H and O–H groups in total. The summed E-state index contributed by atoms with van der Waals surface area (Å²) in [7, 11) is 1.70. The molecule has 2 aromatic heterocycles. The van der Waals surface area contributed by atoms with E-state index in [1.807, 2.05) is 35.1 Å². The lowest BCUT2D eigenvalue weighted by atomic mass is 9.95. The maximum atomic E-state index is 6.00. The van der Waals surface area contributed by atoms with Crippen molar-refractivity contribution in [1.82, 2.24) is 24.2 Å². The van der Waals surface area contributed by atoms with Crippen LogP contribution in [0.3, 0.4) is 0 Å². The molecule has 1 saturated carbocycles. The fourth-order valence-electron chi connectivity index (χ4n) is 4.97. The van der Waals surface area contributed by atoms with E-state index in [2.05, 4.69) is 37.5 Å². The van der Waals surface area contributed by atoms with Crippen molar-refractivity contribution in [2.45, 2.75) is 44.8 Å². The van der Waals surface area contributed by atoms with Crippen LogP contribution < -0.4 is 9.64 Å². The van der Waals surface area contributed by atoms with Crippen molar-refractivity contribution in [2.75, 3.05) is 38.2 Å². The number of ether oxygens (including phenoxy) is 1. The molecule has 0 spiro atoms. The Bertz CT molecular complexity index is 1100. The van der Waals surface area contributed by atoms with Crippen molar-refractivity contribution in [3.63, 3.8) is 0 Å². The van der Waals surface area contributed by atoms with Gasteiger partial charge in [0, 0.05) is 44.0 Å². The summed E-state index contributed by atoms with van der Waals surface area (Å²) >= 11 is 6.00. The number of hydrogen-bond donors (Lipinski definition) is 0. The van der Waals surface area contributed by atoms with Gasteiger partial charge in [-0.05, 0) is 61.5 Å². The van der Waals surface area contributed by atoms with Crippen LogP contribution in [0.1, 0.15) is 38.1 Å². The zero-order valence-electron chi connectivity index (χ0n) is 19.3. The average Bonchev–Trinajstić information content (AvgIpc) is 3.21. The molecule has 174 valence electrons. The summed E-state index contributed by atoms with van der Waals surface area (Å²) in [6.45, 7) is 4.56. The molecular formula is C25H32N6OS. The highest BCUT2D eigenvalue weighted by molar-refractivity contribution is 7.71. The highest BCUT2D eigenvalue weighted by atomic mass is 32.1. The molecule has 1 aromatic carbocycles. The molecular weight excluding hydrogens is 432 g/mol. The number of rotatable bonds is 6. The minimum atomic E-state index is 0.429. The van der Waals surface area contributed by atoms with Gasteiger partial charge >= 0.3 is 0 Å². The van der Waals surface area contributed by atoms with Gasteiger partial charge < -0.3 is 9.64 Å². The summed E-state index contributed by atoms with van der Waals surface area (Å²) in [5.74, 6) is 2.88. The molecule has 7 nitrogen and oxygen atoms in total. The fraction of sp³-hybridized carbons (Fsp3) is 0.480. The molecule has 33 heavy (non-hydrogen) atoms. The number of aromatic nitrogens is 4. The maximum Gasteiger partial charge on any atom is 0.199 e. The number of benzene rings is 1. The highest BCUT2D eigenvalue weighted by Crippen LogP contribution is 2.33. The van der Waals surface area contributed by atoms with Crippen molar-refractivity contribution in [3.05, 3.63) is 53.4 Å². The van der Waals surface area contributed by atoms with Gasteiger partial charge in [0.1, 0.15) is 11.6 Å². The molecule has 1 aliphatic carbocycles. The van der Waals surface area contributed by atoms with Crippen LogP contribution in [0.15, 0.2) is 48.7 Å². The summed E-state index contributed by atoms with van der Waals surface area (Å²) < 4.78 is 10.5. The third kappa shape index (κ3) is 4.82. The van der Waals surface area contributed by atoms with Crippen LogP contribution >= 0.6 is 12.2 Å². The second-order valence-electron chi connectivity index (χ2n) is 8.93. The summed E-state index contributed by atoms with van der Waals surface area (Å²) in [6, 6.07) is 14.7. The molecule has 1 aliphatic heterocycles. The van der Waals surface area contributed by atoms with Crippen LogP contribution in [-0.4, -0.2) is 57.5 Å². The van der Waals surface area contributed by atoms with Crippen LogP contribution in [0, 0.1) is 4.77 Å². The Hall–Kier alpha value is -2.71. The zero-order valence-corrected chi connectivity index (χ0v) is 20.1. The first-order chi connectivity index (χ1) is 16.2. The van der Waals surface area contributed by atoms with Gasteiger partial charge in [-0.15, -0.1) is 0 Å². The van der Waals surface area contributed by atoms with Crippen molar-refractivity contribution in [3.8, 4) is 17.1 Å². The molecule has 3 aromatic rings. The monoisotopic (exact) mass is 464 g/mol. The lowest BCUT2D eigenvalue weighted by molar-refractivity contribution is 0.193. The minimum absolute atomic E-state index is 0.429. The smallest absolute Gasteiger partial charge is 0.199 e. The lowest BCUT2D eigenvalue weighted by Gasteiger charge is -2.35. The van der Waals surface area contributed by atoms with Gasteiger partial charge in [-0.25, -0.2) is 9.67 Å². The normalized spacial score (nSPS) is 17.9. The molecule has 8 heteroatoms. The van der Waals surface area contributed by atoms with Gasteiger partial charge in [-0.2, -0.15) is 5.10 Å². The van der Waals surface area contributed by atoms with Gasteiger partial charge in [-0.1, -0.05) is 25.3 Å². The predicted molar refractivity (Wildman–Crippen MR) is 133 cm³/mol. The van der Waals surface area contributed by atoms with E-state index in [4.69, 9.17) is 22.1 Å². The largest absolute Gasteiger partial charge is 0.497 e. The van der Waals surface area contributed by atoms with E-state index in [1.54, 1.807) is 7.11 Å². The minimum Gasteiger partial charge on any atom is -0.497 e. The Balaban J connectivity index is 1.37. The molecule has 1 saturated heterocycles. The molecule has 2 fully saturated rings. The first-order valence-corrected chi connectivity index (χ1v) is 12.4. The molecule has 2 aliphatic rings. The van der Waals surface area contributed by atoms with Crippen molar-refractivity contribution >= 4 is 18.0 Å². The molecule has 0 radical (unpaired) electrons. The Kier molecular flexibility index (Phi) is 6.73. The molecule has 0 unspecified atom stereocenters. The van der Waals surface area contributed by atoms with E-state index in [-0.39, 0.29) is 0 Å². The van der Waals surface area contributed by atoms with Crippen LogP contribution in [0.5, 0.6) is 5.75 Å². The molecule has 0 atom stereocenters.